The van der Waals surface area contributed by atoms with Gasteiger partial charge in [0.15, 0.2) is 0 Å². The van der Waals surface area contributed by atoms with Gasteiger partial charge in [0, 0.05) is 6.54 Å². The highest BCUT2D eigenvalue weighted by molar-refractivity contribution is 6.04. The quantitative estimate of drug-likeness (QED) is 0.585. The fraction of sp³-hybridized carbons (Fsp3) is 0.167. The third-order valence-corrected chi connectivity index (χ3v) is 2.04. The number of rotatable bonds is 5. The van der Waals surface area contributed by atoms with Crippen molar-refractivity contribution in [3.63, 3.8) is 0 Å². The molecule has 0 aliphatic carbocycles. The SMILES string of the molecule is C=CCCNC(=O)c1ccccc1C(=O)O. The van der Waals surface area contributed by atoms with Crippen LogP contribution in [0.2, 0.25) is 0 Å². The lowest BCUT2D eigenvalue weighted by atomic mass is 10.1. The van der Waals surface area contributed by atoms with Crippen molar-refractivity contribution in [2.45, 2.75) is 6.42 Å². The van der Waals surface area contributed by atoms with Crippen LogP contribution in [0.1, 0.15) is 27.1 Å². The average molecular weight is 219 g/mol. The normalized spacial score (nSPS) is 9.50. The zero-order chi connectivity index (χ0) is 12.0. The van der Waals surface area contributed by atoms with Gasteiger partial charge in [-0.1, -0.05) is 18.2 Å². The Morgan fingerprint density at radius 3 is 2.50 bits per heavy atom. The van der Waals surface area contributed by atoms with Crippen molar-refractivity contribution in [3.8, 4) is 0 Å². The Kier molecular flexibility index (Phi) is 4.27. The minimum absolute atomic E-state index is 0.0126. The summed E-state index contributed by atoms with van der Waals surface area (Å²) in [7, 11) is 0. The number of hydrogen-bond acceptors (Lipinski definition) is 2. The molecule has 84 valence electrons. The van der Waals surface area contributed by atoms with E-state index in [1.54, 1.807) is 18.2 Å². The number of carboxylic acid groups (broad SMARTS) is 1. The molecule has 0 bridgehead atoms. The van der Waals surface area contributed by atoms with Gasteiger partial charge >= 0.3 is 5.97 Å². The van der Waals surface area contributed by atoms with Crippen LogP contribution in [0, 0.1) is 0 Å². The van der Waals surface area contributed by atoms with Crippen LogP contribution in [0.5, 0.6) is 0 Å². The van der Waals surface area contributed by atoms with Crippen LogP contribution in [-0.4, -0.2) is 23.5 Å². The molecular weight excluding hydrogens is 206 g/mol. The van der Waals surface area contributed by atoms with E-state index in [0.29, 0.717) is 13.0 Å². The summed E-state index contributed by atoms with van der Waals surface area (Å²) in [4.78, 5) is 22.5. The number of nitrogens with one attached hydrogen (secondary N) is 1. The Bertz CT molecular complexity index is 412. The van der Waals surface area contributed by atoms with E-state index in [2.05, 4.69) is 11.9 Å². The van der Waals surface area contributed by atoms with Crippen molar-refractivity contribution in [1.82, 2.24) is 5.32 Å². The van der Waals surface area contributed by atoms with E-state index in [1.165, 1.54) is 12.1 Å². The van der Waals surface area contributed by atoms with E-state index < -0.39 is 5.97 Å². The first kappa shape index (κ1) is 12.0. The Morgan fingerprint density at radius 2 is 1.94 bits per heavy atom. The predicted octanol–water partition coefficient (Wildman–Crippen LogP) is 1.69. The largest absolute Gasteiger partial charge is 0.478 e. The van der Waals surface area contributed by atoms with Crippen LogP contribution >= 0.6 is 0 Å². The van der Waals surface area contributed by atoms with Crippen LogP contribution < -0.4 is 5.32 Å². The van der Waals surface area contributed by atoms with Crippen LogP contribution in [0.4, 0.5) is 0 Å². The highest BCUT2D eigenvalue weighted by Crippen LogP contribution is 2.08. The first-order chi connectivity index (χ1) is 7.66. The van der Waals surface area contributed by atoms with Crippen molar-refractivity contribution >= 4 is 11.9 Å². The van der Waals surface area contributed by atoms with Gasteiger partial charge in [0.25, 0.3) is 5.91 Å². The van der Waals surface area contributed by atoms with Gasteiger partial charge in [-0.2, -0.15) is 0 Å². The van der Waals surface area contributed by atoms with E-state index in [-0.39, 0.29) is 17.0 Å². The lowest BCUT2D eigenvalue weighted by Crippen LogP contribution is -2.26. The third kappa shape index (κ3) is 2.95. The molecule has 1 aromatic carbocycles. The second kappa shape index (κ2) is 5.70. The van der Waals surface area contributed by atoms with Crippen LogP contribution in [0.15, 0.2) is 36.9 Å². The molecule has 0 atom stereocenters. The molecule has 2 N–H and O–H groups in total. The minimum atomic E-state index is -1.10. The van der Waals surface area contributed by atoms with E-state index in [4.69, 9.17) is 5.11 Å². The van der Waals surface area contributed by atoms with Crippen molar-refractivity contribution in [2.24, 2.45) is 0 Å². The summed E-state index contributed by atoms with van der Waals surface area (Å²) < 4.78 is 0. The number of hydrogen-bond donors (Lipinski definition) is 2. The molecule has 0 unspecified atom stereocenters. The number of amides is 1. The maximum Gasteiger partial charge on any atom is 0.336 e. The van der Waals surface area contributed by atoms with Gasteiger partial charge in [0.05, 0.1) is 11.1 Å². The number of carbonyl (C=O) groups is 2. The van der Waals surface area contributed by atoms with E-state index in [9.17, 15) is 9.59 Å². The zero-order valence-corrected chi connectivity index (χ0v) is 8.77. The predicted molar refractivity (Wildman–Crippen MR) is 60.5 cm³/mol. The summed E-state index contributed by atoms with van der Waals surface area (Å²) >= 11 is 0. The minimum Gasteiger partial charge on any atom is -0.478 e. The number of carbonyl (C=O) groups excluding carboxylic acids is 1. The van der Waals surface area contributed by atoms with Crippen LogP contribution in [0.25, 0.3) is 0 Å². The molecule has 0 radical (unpaired) electrons. The molecule has 0 aliphatic rings. The molecule has 0 fully saturated rings. The van der Waals surface area contributed by atoms with Crippen molar-refractivity contribution in [3.05, 3.63) is 48.0 Å². The van der Waals surface area contributed by atoms with E-state index in [1.807, 2.05) is 0 Å². The first-order valence-corrected chi connectivity index (χ1v) is 4.88. The average Bonchev–Trinajstić information content (AvgIpc) is 2.29. The van der Waals surface area contributed by atoms with Gasteiger partial charge < -0.3 is 10.4 Å². The Morgan fingerprint density at radius 1 is 1.31 bits per heavy atom. The summed E-state index contributed by atoms with van der Waals surface area (Å²) in [6, 6.07) is 6.12. The standard InChI is InChI=1S/C12H13NO3/c1-2-3-8-13-11(14)9-6-4-5-7-10(9)12(15)16/h2,4-7H,1,3,8H2,(H,13,14)(H,15,16). The van der Waals surface area contributed by atoms with Gasteiger partial charge in [0.1, 0.15) is 0 Å². The Hall–Kier alpha value is -2.10. The maximum absolute atomic E-state index is 11.6. The van der Waals surface area contributed by atoms with Gasteiger partial charge in [-0.15, -0.1) is 6.58 Å². The fourth-order valence-electron chi connectivity index (χ4n) is 1.25. The summed E-state index contributed by atoms with van der Waals surface area (Å²) in [5.74, 6) is -1.48. The maximum atomic E-state index is 11.6. The van der Waals surface area contributed by atoms with Gasteiger partial charge in [0.2, 0.25) is 0 Å². The smallest absolute Gasteiger partial charge is 0.336 e. The highest BCUT2D eigenvalue weighted by atomic mass is 16.4. The first-order valence-electron chi connectivity index (χ1n) is 4.88. The summed E-state index contributed by atoms with van der Waals surface area (Å²) in [5, 5.41) is 11.5. The second-order valence-corrected chi connectivity index (χ2v) is 3.18. The van der Waals surface area contributed by atoms with E-state index >= 15 is 0 Å². The molecule has 0 spiro atoms. The van der Waals surface area contributed by atoms with Gasteiger partial charge in [-0.05, 0) is 18.6 Å². The number of aromatic carboxylic acids is 1. The Balaban J connectivity index is 2.82. The van der Waals surface area contributed by atoms with E-state index in [0.717, 1.165) is 0 Å². The molecule has 4 nitrogen and oxygen atoms in total. The molecule has 0 saturated heterocycles. The molecule has 0 aliphatic heterocycles. The molecule has 0 aromatic heterocycles. The van der Waals surface area contributed by atoms with Crippen molar-refractivity contribution < 1.29 is 14.7 Å². The summed E-state index contributed by atoms with van der Waals surface area (Å²) in [6.45, 7) is 3.99. The lowest BCUT2D eigenvalue weighted by Gasteiger charge is -2.06. The topological polar surface area (TPSA) is 66.4 Å². The zero-order valence-electron chi connectivity index (χ0n) is 8.77. The number of carboxylic acids is 1. The van der Waals surface area contributed by atoms with Crippen LogP contribution in [-0.2, 0) is 0 Å². The molecule has 0 heterocycles. The molecular formula is C12H13NO3. The van der Waals surface area contributed by atoms with Crippen molar-refractivity contribution in [1.29, 1.82) is 0 Å². The van der Waals surface area contributed by atoms with Crippen molar-refractivity contribution in [2.75, 3.05) is 6.54 Å². The molecule has 1 amide bonds. The third-order valence-electron chi connectivity index (χ3n) is 2.04. The monoisotopic (exact) mass is 219 g/mol. The Labute approximate surface area is 93.6 Å². The van der Waals surface area contributed by atoms with Gasteiger partial charge in [-0.3, -0.25) is 4.79 Å². The molecule has 16 heavy (non-hydrogen) atoms. The van der Waals surface area contributed by atoms with Gasteiger partial charge in [-0.25, -0.2) is 4.79 Å². The fourth-order valence-corrected chi connectivity index (χ4v) is 1.25. The molecule has 1 aromatic rings. The summed E-state index contributed by atoms with van der Waals surface area (Å²) in [5.41, 5.74) is 0.192. The molecule has 1 rings (SSSR count). The highest BCUT2D eigenvalue weighted by Gasteiger charge is 2.14. The molecule has 0 saturated carbocycles. The second-order valence-electron chi connectivity index (χ2n) is 3.18. The summed E-state index contributed by atoms with van der Waals surface area (Å²) in [6.07, 6.45) is 2.34. The molecule has 4 heteroatoms. The lowest BCUT2D eigenvalue weighted by molar-refractivity contribution is 0.0691. The number of benzene rings is 1. The van der Waals surface area contributed by atoms with Crippen LogP contribution in [0.3, 0.4) is 0 Å².